The van der Waals surface area contributed by atoms with E-state index in [1.807, 2.05) is 66.7 Å². The van der Waals surface area contributed by atoms with E-state index in [2.05, 4.69) is 64.7 Å². The lowest BCUT2D eigenvalue weighted by Crippen LogP contribution is -2.62. The van der Waals surface area contributed by atoms with Crippen molar-refractivity contribution >= 4 is 8.32 Å². The topological polar surface area (TPSA) is 55.4 Å². The molecule has 1 aliphatic heterocycles. The lowest BCUT2D eigenvalue weighted by atomic mass is 9.98. The average molecular weight is 605 g/mol. The molecule has 1 heterocycles. The van der Waals surface area contributed by atoms with Crippen molar-refractivity contribution in [3.05, 3.63) is 120 Å². The Morgan fingerprint density at radius 2 is 1.12 bits per heavy atom. The minimum atomic E-state index is -2.09. The van der Waals surface area contributed by atoms with Crippen LogP contribution < -0.4 is 0 Å². The van der Waals surface area contributed by atoms with Crippen LogP contribution in [0.1, 0.15) is 37.5 Å². The summed E-state index contributed by atoms with van der Waals surface area (Å²) in [5, 5.41) is 0.0470. The van der Waals surface area contributed by atoms with E-state index >= 15 is 0 Å². The number of benzene rings is 3. The molecule has 3 aromatic carbocycles. The second-order valence-electron chi connectivity index (χ2n) is 12.5. The lowest BCUT2D eigenvalue weighted by molar-refractivity contribution is -0.324. The summed E-state index contributed by atoms with van der Waals surface area (Å²) in [6.07, 6.45) is -0.954. The van der Waals surface area contributed by atoms with Gasteiger partial charge in [0.2, 0.25) is 0 Å². The summed E-state index contributed by atoms with van der Waals surface area (Å²) in [7, 11) is -2.09. The van der Waals surface area contributed by atoms with Crippen molar-refractivity contribution in [3.8, 4) is 0 Å². The molecule has 0 bridgehead atoms. The fourth-order valence-electron chi connectivity index (χ4n) is 4.68. The highest BCUT2D eigenvalue weighted by Gasteiger charge is 2.50. The van der Waals surface area contributed by atoms with Gasteiger partial charge in [0.05, 0.1) is 33.0 Å². The van der Waals surface area contributed by atoms with E-state index in [4.69, 9.17) is 28.1 Å². The monoisotopic (exact) mass is 604 g/mol. The van der Waals surface area contributed by atoms with E-state index in [-0.39, 0.29) is 5.04 Å². The maximum atomic E-state index is 6.73. The van der Waals surface area contributed by atoms with Crippen LogP contribution in [-0.4, -0.2) is 52.2 Å². The molecule has 5 atom stereocenters. The first-order valence-electron chi connectivity index (χ1n) is 15.2. The Morgan fingerprint density at radius 3 is 1.56 bits per heavy atom. The van der Waals surface area contributed by atoms with E-state index in [1.54, 1.807) is 6.08 Å². The van der Waals surface area contributed by atoms with Crippen LogP contribution in [0, 0.1) is 0 Å². The van der Waals surface area contributed by atoms with Crippen molar-refractivity contribution in [1.29, 1.82) is 0 Å². The minimum Gasteiger partial charge on any atom is -0.414 e. The second kappa shape index (κ2) is 15.9. The van der Waals surface area contributed by atoms with Gasteiger partial charge in [-0.05, 0) is 34.8 Å². The van der Waals surface area contributed by atoms with Crippen LogP contribution in [0.3, 0.4) is 0 Å². The van der Waals surface area contributed by atoms with Gasteiger partial charge in [0.25, 0.3) is 0 Å². The Labute approximate surface area is 259 Å². The Balaban J connectivity index is 1.66. The molecule has 0 aliphatic carbocycles. The highest BCUT2D eigenvalue weighted by molar-refractivity contribution is 6.74. The lowest BCUT2D eigenvalue weighted by Gasteiger charge is -2.47. The molecule has 0 saturated carbocycles. The first-order valence-corrected chi connectivity index (χ1v) is 18.1. The van der Waals surface area contributed by atoms with Gasteiger partial charge in [0.1, 0.15) is 24.4 Å². The number of hydrogen-bond acceptors (Lipinski definition) is 6. The van der Waals surface area contributed by atoms with Gasteiger partial charge in [0.15, 0.2) is 14.6 Å². The predicted octanol–water partition coefficient (Wildman–Crippen LogP) is 7.69. The molecule has 43 heavy (non-hydrogen) atoms. The van der Waals surface area contributed by atoms with Crippen molar-refractivity contribution in [2.75, 3.05) is 13.2 Å². The van der Waals surface area contributed by atoms with E-state index in [9.17, 15) is 0 Å². The molecular formula is C36H48O6Si. The van der Waals surface area contributed by atoms with E-state index < -0.39 is 39.0 Å². The van der Waals surface area contributed by atoms with E-state index in [0.717, 1.165) is 16.7 Å². The Hall–Kier alpha value is -2.62. The SMILES string of the molecule is C=CCOC1OC(CO[Si](C)(C)C(C)(C)C)C(OCc2ccccc2)C(OCc2ccccc2)C1OCc1ccccc1. The molecular weight excluding hydrogens is 556 g/mol. The number of rotatable bonds is 15. The Kier molecular flexibility index (Phi) is 12.3. The molecule has 5 unspecified atom stereocenters. The van der Waals surface area contributed by atoms with Gasteiger partial charge in [-0.15, -0.1) is 6.58 Å². The van der Waals surface area contributed by atoms with Gasteiger partial charge in [0, 0.05) is 0 Å². The van der Waals surface area contributed by atoms with Crippen molar-refractivity contribution in [2.45, 2.75) is 89.4 Å². The summed E-state index contributed by atoms with van der Waals surface area (Å²) in [6, 6.07) is 30.4. The molecule has 7 heteroatoms. The van der Waals surface area contributed by atoms with Gasteiger partial charge < -0.3 is 28.1 Å². The van der Waals surface area contributed by atoms with Crippen LogP contribution >= 0.6 is 0 Å². The van der Waals surface area contributed by atoms with Crippen LogP contribution in [0.2, 0.25) is 18.1 Å². The summed E-state index contributed by atoms with van der Waals surface area (Å²) >= 11 is 0. The zero-order valence-corrected chi connectivity index (χ0v) is 27.3. The normalized spacial score (nSPS) is 22.8. The van der Waals surface area contributed by atoms with Crippen molar-refractivity contribution in [1.82, 2.24) is 0 Å². The number of hydrogen-bond donors (Lipinski definition) is 0. The molecule has 6 nitrogen and oxygen atoms in total. The fraction of sp³-hybridized carbons (Fsp3) is 0.444. The molecule has 1 saturated heterocycles. The highest BCUT2D eigenvalue weighted by Crippen LogP contribution is 2.38. The maximum Gasteiger partial charge on any atom is 0.192 e. The van der Waals surface area contributed by atoms with E-state index in [0.29, 0.717) is 33.0 Å². The van der Waals surface area contributed by atoms with Gasteiger partial charge in [-0.25, -0.2) is 0 Å². The van der Waals surface area contributed by atoms with Crippen LogP contribution in [0.15, 0.2) is 104 Å². The summed E-state index contributed by atoms with van der Waals surface area (Å²) in [5.41, 5.74) is 3.19. The van der Waals surface area contributed by atoms with Gasteiger partial charge in [-0.2, -0.15) is 0 Å². The smallest absolute Gasteiger partial charge is 0.192 e. The van der Waals surface area contributed by atoms with Crippen LogP contribution in [-0.2, 0) is 47.9 Å². The fourth-order valence-corrected chi connectivity index (χ4v) is 5.70. The first kappa shape index (κ1) is 33.3. The second-order valence-corrected chi connectivity index (χ2v) is 17.3. The molecule has 0 radical (unpaired) electrons. The molecule has 0 amide bonds. The predicted molar refractivity (Wildman–Crippen MR) is 173 cm³/mol. The van der Waals surface area contributed by atoms with Crippen LogP contribution in [0.4, 0.5) is 0 Å². The minimum absolute atomic E-state index is 0.0470. The largest absolute Gasteiger partial charge is 0.414 e. The first-order chi connectivity index (χ1) is 20.7. The quantitative estimate of drug-likeness (QED) is 0.131. The molecule has 4 rings (SSSR count). The summed E-state index contributed by atoms with van der Waals surface area (Å²) in [4.78, 5) is 0. The molecule has 0 N–H and O–H groups in total. The van der Waals surface area contributed by atoms with Crippen molar-refractivity contribution < 1.29 is 28.1 Å². The van der Waals surface area contributed by atoms with Crippen LogP contribution in [0.25, 0.3) is 0 Å². The maximum absolute atomic E-state index is 6.73. The molecule has 1 aliphatic rings. The van der Waals surface area contributed by atoms with E-state index in [1.165, 1.54) is 0 Å². The van der Waals surface area contributed by atoms with Gasteiger partial charge >= 0.3 is 0 Å². The van der Waals surface area contributed by atoms with Gasteiger partial charge in [-0.1, -0.05) is 118 Å². The summed E-state index contributed by atoms with van der Waals surface area (Å²) in [6.45, 7) is 16.9. The third kappa shape index (κ3) is 9.68. The summed E-state index contributed by atoms with van der Waals surface area (Å²) < 4.78 is 39.6. The molecule has 1 fully saturated rings. The highest BCUT2D eigenvalue weighted by atomic mass is 28.4. The average Bonchev–Trinajstić information content (AvgIpc) is 3.01. The van der Waals surface area contributed by atoms with Crippen LogP contribution in [0.5, 0.6) is 0 Å². The molecule has 3 aromatic rings. The molecule has 0 spiro atoms. The summed E-state index contributed by atoms with van der Waals surface area (Å²) in [5.74, 6) is 0. The zero-order chi connectivity index (χ0) is 30.7. The Bertz CT molecular complexity index is 1210. The standard InChI is InChI=1S/C36H48O6Si/c1-7-23-37-35-34(40-26-30-21-15-10-16-22-30)33(39-25-29-19-13-9-14-20-29)32(38-24-28-17-11-8-12-18-28)31(42-35)27-41-43(5,6)36(2,3)4/h7-22,31-35H,1,23-27H2,2-6H3. The Morgan fingerprint density at radius 1 is 0.674 bits per heavy atom. The third-order valence-electron chi connectivity index (χ3n) is 8.24. The zero-order valence-electron chi connectivity index (χ0n) is 26.3. The molecule has 0 aromatic heterocycles. The van der Waals surface area contributed by atoms with Crippen molar-refractivity contribution in [3.63, 3.8) is 0 Å². The number of ether oxygens (including phenoxy) is 5. The molecule has 232 valence electrons. The van der Waals surface area contributed by atoms with Crippen molar-refractivity contribution in [2.24, 2.45) is 0 Å². The third-order valence-corrected chi connectivity index (χ3v) is 12.7. The van der Waals surface area contributed by atoms with Gasteiger partial charge in [-0.3, -0.25) is 0 Å².